The van der Waals surface area contributed by atoms with Gasteiger partial charge in [-0.1, -0.05) is 6.07 Å². The van der Waals surface area contributed by atoms with E-state index < -0.39 is 23.8 Å². The molecule has 2 heterocycles. The number of esters is 2. The summed E-state index contributed by atoms with van der Waals surface area (Å²) in [6.45, 7) is 0.487. The van der Waals surface area contributed by atoms with Crippen molar-refractivity contribution in [3.8, 4) is 0 Å². The van der Waals surface area contributed by atoms with Gasteiger partial charge in [-0.2, -0.15) is 0 Å². The Morgan fingerprint density at radius 2 is 1.31 bits per heavy atom. The van der Waals surface area contributed by atoms with Crippen molar-refractivity contribution < 1.29 is 28.7 Å². The number of hydrogen-bond donors (Lipinski definition) is 0. The summed E-state index contributed by atoms with van der Waals surface area (Å²) in [6.07, 6.45) is 0.202. The second-order valence-corrected chi connectivity index (χ2v) is 6.38. The highest BCUT2D eigenvalue weighted by Gasteiger charge is 2.38. The first kappa shape index (κ1) is 17.9. The van der Waals surface area contributed by atoms with Gasteiger partial charge in [0, 0.05) is 37.3 Å². The summed E-state index contributed by atoms with van der Waals surface area (Å²) in [5.41, 5.74) is 1.21. The lowest BCUT2D eigenvalue weighted by Gasteiger charge is -2.21. The zero-order chi connectivity index (χ0) is 18.8. The molecule has 0 aliphatic carbocycles. The normalized spacial score (nSPS) is 22.7. The van der Waals surface area contributed by atoms with Gasteiger partial charge in [0.1, 0.15) is 0 Å². The average molecular weight is 360 g/mol. The molecule has 0 spiro atoms. The fraction of sp³-hybridized carbons (Fsp3) is 0.444. The van der Waals surface area contributed by atoms with E-state index in [-0.39, 0.29) is 37.7 Å². The highest BCUT2D eigenvalue weighted by atomic mass is 16.5. The van der Waals surface area contributed by atoms with Crippen LogP contribution in [0.25, 0.3) is 0 Å². The number of rotatable bonds is 4. The van der Waals surface area contributed by atoms with Crippen molar-refractivity contribution in [2.45, 2.75) is 12.8 Å². The SMILES string of the molecule is COC(=O)[C@@H]1CC(=O)N(c2cccc(N3C[C@H](C(=O)OC)CC3=O)c2)C1. The Morgan fingerprint density at radius 3 is 1.69 bits per heavy atom. The van der Waals surface area contributed by atoms with E-state index >= 15 is 0 Å². The van der Waals surface area contributed by atoms with Gasteiger partial charge in [0.25, 0.3) is 0 Å². The molecule has 8 heteroatoms. The van der Waals surface area contributed by atoms with Gasteiger partial charge in [-0.25, -0.2) is 0 Å². The second-order valence-electron chi connectivity index (χ2n) is 6.38. The minimum atomic E-state index is -0.492. The number of methoxy groups -OCH3 is 2. The predicted octanol–water partition coefficient (Wildman–Crippen LogP) is 0.738. The topological polar surface area (TPSA) is 93.2 Å². The van der Waals surface area contributed by atoms with Crippen LogP contribution < -0.4 is 9.80 Å². The first-order chi connectivity index (χ1) is 12.4. The molecule has 2 atom stereocenters. The number of anilines is 2. The maximum atomic E-state index is 12.3. The Morgan fingerprint density at radius 1 is 0.885 bits per heavy atom. The zero-order valence-electron chi connectivity index (χ0n) is 14.6. The third-order valence-electron chi connectivity index (χ3n) is 4.77. The summed E-state index contributed by atoms with van der Waals surface area (Å²) in [6, 6.07) is 6.95. The third kappa shape index (κ3) is 3.26. The Labute approximate surface area is 150 Å². The molecule has 8 nitrogen and oxygen atoms in total. The predicted molar refractivity (Wildman–Crippen MR) is 91.4 cm³/mol. The highest BCUT2D eigenvalue weighted by molar-refractivity contribution is 6.02. The van der Waals surface area contributed by atoms with E-state index in [2.05, 4.69) is 0 Å². The number of carbonyl (C=O) groups is 4. The quantitative estimate of drug-likeness (QED) is 0.735. The van der Waals surface area contributed by atoms with Crippen molar-refractivity contribution in [2.24, 2.45) is 11.8 Å². The van der Waals surface area contributed by atoms with Crippen molar-refractivity contribution in [3.05, 3.63) is 24.3 Å². The summed E-state index contributed by atoms with van der Waals surface area (Å²) in [5.74, 6) is -2.14. The standard InChI is InChI=1S/C18H20N2O6/c1-25-17(23)11-6-15(21)19(9-11)13-4-3-5-14(8-13)20-10-12(7-16(20)22)18(24)26-2/h3-5,8,11-12H,6-7,9-10H2,1-2H3/t11-,12-/m1/s1. The number of ether oxygens (including phenoxy) is 2. The lowest BCUT2D eigenvalue weighted by Crippen LogP contribution is -2.28. The third-order valence-corrected chi connectivity index (χ3v) is 4.77. The van der Waals surface area contributed by atoms with Crippen LogP contribution in [0, 0.1) is 11.8 Å². The molecule has 2 saturated heterocycles. The molecule has 0 saturated carbocycles. The van der Waals surface area contributed by atoms with E-state index in [1.165, 1.54) is 24.0 Å². The molecule has 138 valence electrons. The minimum Gasteiger partial charge on any atom is -0.469 e. The van der Waals surface area contributed by atoms with E-state index in [0.29, 0.717) is 11.4 Å². The van der Waals surface area contributed by atoms with Crippen LogP contribution >= 0.6 is 0 Å². The number of carbonyl (C=O) groups excluding carboxylic acids is 4. The van der Waals surface area contributed by atoms with E-state index in [4.69, 9.17) is 9.47 Å². The lowest BCUT2D eigenvalue weighted by atomic mass is 10.1. The number of amides is 2. The van der Waals surface area contributed by atoms with Gasteiger partial charge in [-0.3, -0.25) is 19.2 Å². The number of nitrogens with zero attached hydrogens (tertiary/aromatic N) is 2. The molecule has 0 unspecified atom stereocenters. The first-order valence-electron chi connectivity index (χ1n) is 8.31. The smallest absolute Gasteiger partial charge is 0.311 e. The molecular formula is C18H20N2O6. The largest absolute Gasteiger partial charge is 0.469 e. The van der Waals surface area contributed by atoms with Gasteiger partial charge in [-0.05, 0) is 18.2 Å². The summed E-state index contributed by atoms with van der Waals surface area (Å²) < 4.78 is 9.43. The van der Waals surface area contributed by atoms with Crippen LogP contribution in [0.4, 0.5) is 11.4 Å². The fourth-order valence-electron chi connectivity index (χ4n) is 3.39. The summed E-state index contributed by atoms with van der Waals surface area (Å²) >= 11 is 0. The molecule has 3 rings (SSSR count). The Hall–Kier alpha value is -2.90. The van der Waals surface area contributed by atoms with E-state index in [1.807, 2.05) is 0 Å². The minimum absolute atomic E-state index is 0.101. The molecule has 26 heavy (non-hydrogen) atoms. The molecule has 2 aliphatic rings. The molecule has 0 bridgehead atoms. The van der Waals surface area contributed by atoms with E-state index in [1.54, 1.807) is 24.3 Å². The maximum Gasteiger partial charge on any atom is 0.311 e. The molecule has 2 fully saturated rings. The molecular weight excluding hydrogens is 340 g/mol. The lowest BCUT2D eigenvalue weighted by molar-refractivity contribution is -0.145. The van der Waals surface area contributed by atoms with Crippen LogP contribution in [0.5, 0.6) is 0 Å². The Kier molecular flexibility index (Phi) is 4.92. The molecule has 2 aliphatic heterocycles. The molecule has 0 radical (unpaired) electrons. The van der Waals surface area contributed by atoms with Gasteiger partial charge in [0.2, 0.25) is 11.8 Å². The van der Waals surface area contributed by atoms with Crippen LogP contribution in [0.3, 0.4) is 0 Å². The van der Waals surface area contributed by atoms with Crippen molar-refractivity contribution in [2.75, 3.05) is 37.1 Å². The van der Waals surface area contributed by atoms with Crippen molar-refractivity contribution in [1.29, 1.82) is 0 Å². The highest BCUT2D eigenvalue weighted by Crippen LogP contribution is 2.31. The summed E-state index contributed by atoms with van der Waals surface area (Å²) in [5, 5.41) is 0. The second kappa shape index (κ2) is 7.15. The van der Waals surface area contributed by atoms with E-state index in [0.717, 1.165) is 0 Å². The Bertz CT molecular complexity index is 703. The van der Waals surface area contributed by atoms with Crippen LogP contribution in [-0.4, -0.2) is 51.1 Å². The van der Waals surface area contributed by atoms with Gasteiger partial charge >= 0.3 is 11.9 Å². The van der Waals surface area contributed by atoms with E-state index in [9.17, 15) is 19.2 Å². The van der Waals surface area contributed by atoms with Crippen LogP contribution in [0.2, 0.25) is 0 Å². The average Bonchev–Trinajstić information content (AvgIpc) is 3.23. The molecule has 1 aromatic carbocycles. The Balaban J connectivity index is 1.79. The van der Waals surface area contributed by atoms with Crippen LogP contribution in [0.1, 0.15) is 12.8 Å². The maximum absolute atomic E-state index is 12.3. The molecule has 0 aromatic heterocycles. The molecule has 0 N–H and O–H groups in total. The molecule has 2 amide bonds. The summed E-state index contributed by atoms with van der Waals surface area (Å²) in [7, 11) is 2.60. The number of hydrogen-bond acceptors (Lipinski definition) is 6. The van der Waals surface area contributed by atoms with Crippen molar-refractivity contribution in [1.82, 2.24) is 0 Å². The monoisotopic (exact) mass is 360 g/mol. The van der Waals surface area contributed by atoms with Gasteiger partial charge in [0.15, 0.2) is 0 Å². The number of benzene rings is 1. The summed E-state index contributed by atoms with van der Waals surface area (Å²) in [4.78, 5) is 50.9. The van der Waals surface area contributed by atoms with Gasteiger partial charge in [-0.15, -0.1) is 0 Å². The van der Waals surface area contributed by atoms with Gasteiger partial charge < -0.3 is 19.3 Å². The van der Waals surface area contributed by atoms with Crippen molar-refractivity contribution >= 4 is 35.1 Å². The van der Waals surface area contributed by atoms with Crippen molar-refractivity contribution in [3.63, 3.8) is 0 Å². The zero-order valence-corrected chi connectivity index (χ0v) is 14.6. The van der Waals surface area contributed by atoms with Crippen LogP contribution in [0.15, 0.2) is 24.3 Å². The first-order valence-corrected chi connectivity index (χ1v) is 8.31. The van der Waals surface area contributed by atoms with Gasteiger partial charge in [0.05, 0.1) is 26.1 Å². The van der Waals surface area contributed by atoms with Crippen LogP contribution in [-0.2, 0) is 28.7 Å². The molecule has 1 aromatic rings. The fourth-order valence-corrected chi connectivity index (χ4v) is 3.39.